The molecule has 4 nitrogen and oxygen atoms in total. The van der Waals surface area contributed by atoms with Crippen LogP contribution < -0.4 is 10.1 Å². The molecule has 4 heteroatoms. The van der Waals surface area contributed by atoms with Crippen LogP contribution in [0.5, 0.6) is 5.75 Å². The van der Waals surface area contributed by atoms with Crippen molar-refractivity contribution in [2.75, 3.05) is 7.11 Å². The van der Waals surface area contributed by atoms with Gasteiger partial charge in [0.25, 0.3) is 5.91 Å². The molecule has 0 aliphatic rings. The number of hydrogen-bond donors (Lipinski definition) is 2. The van der Waals surface area contributed by atoms with Crippen LogP contribution in [0.2, 0.25) is 0 Å². The average Bonchev–Trinajstić information content (AvgIpc) is 2.36. The Balaban J connectivity index is 2.76. The molecule has 19 heavy (non-hydrogen) atoms. The van der Waals surface area contributed by atoms with Crippen molar-refractivity contribution in [3.63, 3.8) is 0 Å². The summed E-state index contributed by atoms with van der Waals surface area (Å²) in [5, 5.41) is 12.9. The van der Waals surface area contributed by atoms with Crippen LogP contribution >= 0.6 is 0 Å². The van der Waals surface area contributed by atoms with E-state index in [1.807, 2.05) is 27.7 Å². The van der Waals surface area contributed by atoms with Crippen molar-refractivity contribution < 1.29 is 14.6 Å². The van der Waals surface area contributed by atoms with Crippen LogP contribution in [-0.4, -0.2) is 24.2 Å². The van der Waals surface area contributed by atoms with Gasteiger partial charge in [-0.15, -0.1) is 0 Å². The summed E-state index contributed by atoms with van der Waals surface area (Å²) in [5.74, 6) is 0.226. The van der Waals surface area contributed by atoms with Gasteiger partial charge in [0, 0.05) is 6.04 Å². The number of nitrogens with one attached hydrogen (secondary N) is 1. The summed E-state index contributed by atoms with van der Waals surface area (Å²) in [4.78, 5) is 12.0. The van der Waals surface area contributed by atoms with Crippen molar-refractivity contribution in [1.82, 2.24) is 5.32 Å². The summed E-state index contributed by atoms with van der Waals surface area (Å²) < 4.78 is 5.08. The van der Waals surface area contributed by atoms with Gasteiger partial charge in [0.2, 0.25) is 0 Å². The molecule has 2 atom stereocenters. The number of aliphatic hydroxyl groups excluding tert-OH is 1. The molecule has 0 heterocycles. The van der Waals surface area contributed by atoms with Gasteiger partial charge in [-0.25, -0.2) is 0 Å². The molecule has 0 radical (unpaired) electrons. The van der Waals surface area contributed by atoms with Gasteiger partial charge in [-0.3, -0.25) is 4.79 Å². The molecule has 0 aliphatic heterocycles. The molecule has 0 aromatic heterocycles. The highest BCUT2D eigenvalue weighted by atomic mass is 16.5. The summed E-state index contributed by atoms with van der Waals surface area (Å²) in [6.45, 7) is 8.04. The number of methoxy groups -OCH3 is 1. The largest absolute Gasteiger partial charge is 0.497 e. The molecule has 1 rings (SSSR count). The molecule has 106 valence electrons. The Morgan fingerprint density at radius 1 is 1.37 bits per heavy atom. The Kier molecular flexibility index (Phi) is 4.95. The number of ether oxygens (including phenoxy) is 1. The van der Waals surface area contributed by atoms with Gasteiger partial charge in [-0.05, 0) is 30.0 Å². The van der Waals surface area contributed by atoms with E-state index in [-0.39, 0.29) is 11.5 Å². The highest BCUT2D eigenvalue weighted by molar-refractivity contribution is 5.82. The first-order chi connectivity index (χ1) is 8.75. The maximum atomic E-state index is 12.0. The van der Waals surface area contributed by atoms with Crippen molar-refractivity contribution in [2.45, 2.75) is 39.8 Å². The van der Waals surface area contributed by atoms with Crippen LogP contribution in [0.4, 0.5) is 0 Å². The predicted molar refractivity (Wildman–Crippen MR) is 75.0 cm³/mol. The molecule has 0 saturated carbocycles. The Hall–Kier alpha value is -1.55. The first-order valence-corrected chi connectivity index (χ1v) is 6.38. The van der Waals surface area contributed by atoms with Crippen molar-refractivity contribution in [1.29, 1.82) is 0 Å². The minimum absolute atomic E-state index is 0.0275. The van der Waals surface area contributed by atoms with Crippen LogP contribution in [0, 0.1) is 5.41 Å². The molecule has 0 saturated heterocycles. The second kappa shape index (κ2) is 6.06. The maximum Gasteiger partial charge on any atom is 0.253 e. The van der Waals surface area contributed by atoms with E-state index in [9.17, 15) is 9.90 Å². The third-order valence-electron chi connectivity index (χ3n) is 3.32. The van der Waals surface area contributed by atoms with Gasteiger partial charge in [-0.2, -0.15) is 0 Å². The molecule has 2 N–H and O–H groups in total. The zero-order valence-corrected chi connectivity index (χ0v) is 12.2. The smallest absolute Gasteiger partial charge is 0.253 e. The summed E-state index contributed by atoms with van der Waals surface area (Å²) in [5.41, 5.74) is 0.474. The van der Waals surface area contributed by atoms with E-state index >= 15 is 0 Å². The average molecular weight is 265 g/mol. The van der Waals surface area contributed by atoms with Crippen LogP contribution in [0.1, 0.15) is 39.4 Å². The third kappa shape index (κ3) is 4.24. The fourth-order valence-corrected chi connectivity index (χ4v) is 1.47. The van der Waals surface area contributed by atoms with E-state index in [1.54, 1.807) is 31.4 Å². The van der Waals surface area contributed by atoms with Gasteiger partial charge in [-0.1, -0.05) is 32.9 Å². The zero-order chi connectivity index (χ0) is 14.6. The van der Waals surface area contributed by atoms with E-state index < -0.39 is 12.0 Å². The number of carbonyl (C=O) groups excluding carboxylic acids is 1. The molecular weight excluding hydrogens is 242 g/mol. The number of rotatable bonds is 4. The maximum absolute atomic E-state index is 12.0. The van der Waals surface area contributed by atoms with E-state index in [2.05, 4.69) is 5.32 Å². The van der Waals surface area contributed by atoms with E-state index in [0.29, 0.717) is 11.3 Å². The van der Waals surface area contributed by atoms with Crippen molar-refractivity contribution in [2.24, 2.45) is 5.41 Å². The fraction of sp³-hybridized carbons (Fsp3) is 0.533. The molecule has 1 aromatic rings. The Morgan fingerprint density at radius 2 is 2.00 bits per heavy atom. The summed E-state index contributed by atoms with van der Waals surface area (Å²) in [7, 11) is 1.55. The van der Waals surface area contributed by atoms with E-state index in [4.69, 9.17) is 4.74 Å². The van der Waals surface area contributed by atoms with Crippen LogP contribution in [0.25, 0.3) is 0 Å². The second-order valence-corrected chi connectivity index (χ2v) is 5.78. The first-order valence-electron chi connectivity index (χ1n) is 6.38. The number of aliphatic hydroxyl groups is 1. The van der Waals surface area contributed by atoms with Gasteiger partial charge in [0.1, 0.15) is 5.75 Å². The lowest BCUT2D eigenvalue weighted by Crippen LogP contribution is -2.43. The third-order valence-corrected chi connectivity index (χ3v) is 3.32. The number of amides is 1. The monoisotopic (exact) mass is 265 g/mol. The van der Waals surface area contributed by atoms with Gasteiger partial charge in [0.05, 0.1) is 7.11 Å². The summed E-state index contributed by atoms with van der Waals surface area (Å²) in [6, 6.07) is 6.85. The van der Waals surface area contributed by atoms with Gasteiger partial charge < -0.3 is 15.2 Å². The minimum atomic E-state index is -1.18. The first kappa shape index (κ1) is 15.5. The number of hydrogen-bond acceptors (Lipinski definition) is 3. The standard InChI is InChI=1S/C15H23NO3/c1-10(15(2,3)4)16-14(18)13(17)11-7-6-8-12(9-11)19-5/h6-10,13,17H,1-5H3,(H,16,18). The quantitative estimate of drug-likeness (QED) is 0.878. The highest BCUT2D eigenvalue weighted by Crippen LogP contribution is 2.22. The van der Waals surface area contributed by atoms with Crippen LogP contribution in [0.15, 0.2) is 24.3 Å². The molecular formula is C15H23NO3. The molecule has 0 bridgehead atoms. The highest BCUT2D eigenvalue weighted by Gasteiger charge is 2.25. The molecule has 0 spiro atoms. The van der Waals surface area contributed by atoms with E-state index in [1.165, 1.54) is 0 Å². The Bertz CT molecular complexity index is 437. The van der Waals surface area contributed by atoms with Crippen molar-refractivity contribution >= 4 is 5.91 Å². The zero-order valence-electron chi connectivity index (χ0n) is 12.2. The number of carbonyl (C=O) groups is 1. The molecule has 2 unspecified atom stereocenters. The van der Waals surface area contributed by atoms with Crippen molar-refractivity contribution in [3.05, 3.63) is 29.8 Å². The van der Waals surface area contributed by atoms with E-state index in [0.717, 1.165) is 0 Å². The minimum Gasteiger partial charge on any atom is -0.497 e. The SMILES string of the molecule is COc1cccc(C(O)C(=O)NC(C)C(C)(C)C)c1. The van der Waals surface area contributed by atoms with Gasteiger partial charge >= 0.3 is 0 Å². The fourth-order valence-electron chi connectivity index (χ4n) is 1.47. The lowest BCUT2D eigenvalue weighted by Gasteiger charge is -2.29. The molecule has 0 aliphatic carbocycles. The van der Waals surface area contributed by atoms with Crippen LogP contribution in [-0.2, 0) is 4.79 Å². The Labute approximate surface area is 114 Å². The topological polar surface area (TPSA) is 58.6 Å². The lowest BCUT2D eigenvalue weighted by atomic mass is 9.88. The lowest BCUT2D eigenvalue weighted by molar-refractivity contribution is -0.131. The van der Waals surface area contributed by atoms with Gasteiger partial charge in [0.15, 0.2) is 6.10 Å². The second-order valence-electron chi connectivity index (χ2n) is 5.78. The molecule has 1 aromatic carbocycles. The molecule has 1 amide bonds. The molecule has 0 fully saturated rings. The summed E-state index contributed by atoms with van der Waals surface area (Å²) in [6.07, 6.45) is -1.18. The van der Waals surface area contributed by atoms with Crippen LogP contribution in [0.3, 0.4) is 0 Å². The summed E-state index contributed by atoms with van der Waals surface area (Å²) >= 11 is 0. The number of benzene rings is 1. The Morgan fingerprint density at radius 3 is 2.53 bits per heavy atom. The van der Waals surface area contributed by atoms with Crippen molar-refractivity contribution in [3.8, 4) is 5.75 Å². The predicted octanol–water partition coefficient (Wildman–Crippen LogP) is 2.28. The normalized spacial score (nSPS) is 14.6.